The number of hydrogen-bond donors (Lipinski definition) is 1. The molecule has 3 rings (SSSR count). The van der Waals surface area contributed by atoms with Gasteiger partial charge in [-0.05, 0) is 60.5 Å². The number of amides is 2. The summed E-state index contributed by atoms with van der Waals surface area (Å²) in [5.74, 6) is 0.636. The van der Waals surface area contributed by atoms with Crippen molar-refractivity contribution in [1.29, 1.82) is 0 Å². The Balaban J connectivity index is 1.64. The number of primary amides is 1. The van der Waals surface area contributed by atoms with Gasteiger partial charge >= 0.3 is 0 Å². The Morgan fingerprint density at radius 2 is 1.43 bits per heavy atom. The third kappa shape index (κ3) is 5.58. The highest BCUT2D eigenvalue weighted by molar-refractivity contribution is 5.94. The molecule has 3 aromatic carbocycles. The number of carbonyl (C=O) groups is 2. The molecule has 152 valence electrons. The first-order valence-electron chi connectivity index (χ1n) is 9.68. The molecule has 0 aliphatic carbocycles. The van der Waals surface area contributed by atoms with Gasteiger partial charge in [-0.15, -0.1) is 6.58 Å². The van der Waals surface area contributed by atoms with Crippen molar-refractivity contribution in [1.82, 2.24) is 4.90 Å². The quantitative estimate of drug-likeness (QED) is 0.540. The molecule has 30 heavy (non-hydrogen) atoms. The molecule has 0 aromatic heterocycles. The van der Waals surface area contributed by atoms with Gasteiger partial charge < -0.3 is 15.4 Å². The maximum absolute atomic E-state index is 12.9. The molecule has 2 N–H and O–H groups in total. The molecule has 0 fully saturated rings. The molecule has 0 heterocycles. The molecule has 0 aliphatic rings. The van der Waals surface area contributed by atoms with E-state index >= 15 is 0 Å². The van der Waals surface area contributed by atoms with Crippen molar-refractivity contribution in [3.8, 4) is 11.5 Å². The molecule has 0 atom stereocenters. The van der Waals surface area contributed by atoms with Crippen molar-refractivity contribution in [2.24, 2.45) is 5.73 Å². The Hall–Kier alpha value is -3.86. The third-order valence-corrected chi connectivity index (χ3v) is 4.63. The van der Waals surface area contributed by atoms with Crippen molar-refractivity contribution < 1.29 is 14.3 Å². The lowest BCUT2D eigenvalue weighted by Crippen LogP contribution is -2.33. The van der Waals surface area contributed by atoms with Crippen LogP contribution in [0.15, 0.2) is 91.5 Å². The maximum Gasteiger partial charge on any atom is 0.254 e. The molecule has 0 spiro atoms. The summed E-state index contributed by atoms with van der Waals surface area (Å²) in [7, 11) is 0. The molecule has 5 heteroatoms. The third-order valence-electron chi connectivity index (χ3n) is 4.63. The summed E-state index contributed by atoms with van der Waals surface area (Å²) < 4.78 is 5.77. The first-order chi connectivity index (χ1) is 14.6. The van der Waals surface area contributed by atoms with Gasteiger partial charge in [0.2, 0.25) is 5.91 Å². The van der Waals surface area contributed by atoms with Crippen LogP contribution in [0.5, 0.6) is 11.5 Å². The van der Waals surface area contributed by atoms with E-state index in [1.54, 1.807) is 59.5 Å². The van der Waals surface area contributed by atoms with Gasteiger partial charge in [0.05, 0.1) is 0 Å². The predicted octanol–water partition coefficient (Wildman–Crippen LogP) is 4.45. The van der Waals surface area contributed by atoms with E-state index < -0.39 is 5.91 Å². The van der Waals surface area contributed by atoms with Crippen LogP contribution in [-0.4, -0.2) is 29.8 Å². The maximum atomic E-state index is 12.9. The second kappa shape index (κ2) is 10.1. The molecular formula is C25H24N2O3. The lowest BCUT2D eigenvalue weighted by Gasteiger charge is -2.21. The summed E-state index contributed by atoms with van der Waals surface area (Å²) in [5.41, 5.74) is 7.43. The highest BCUT2D eigenvalue weighted by Crippen LogP contribution is 2.22. The number of nitrogens with two attached hydrogens (primary N) is 1. The molecule has 0 radical (unpaired) electrons. The zero-order valence-corrected chi connectivity index (χ0v) is 16.7. The Morgan fingerprint density at radius 3 is 1.97 bits per heavy atom. The number of hydrogen-bond acceptors (Lipinski definition) is 3. The summed E-state index contributed by atoms with van der Waals surface area (Å²) >= 11 is 0. The highest BCUT2D eigenvalue weighted by Gasteiger charge is 2.15. The van der Waals surface area contributed by atoms with E-state index in [9.17, 15) is 9.59 Å². The van der Waals surface area contributed by atoms with Gasteiger partial charge in [-0.1, -0.05) is 36.4 Å². The van der Waals surface area contributed by atoms with Crippen molar-refractivity contribution in [3.05, 3.63) is 108 Å². The normalized spacial score (nSPS) is 10.3. The molecule has 0 bridgehead atoms. The molecule has 0 aliphatic heterocycles. The summed E-state index contributed by atoms with van der Waals surface area (Å²) in [6, 6.07) is 23.6. The standard InChI is InChI=1S/C25H24N2O3/c1-2-17-27(18-16-19-6-4-3-5-7-19)25(29)21-10-14-23(15-11-21)30-22-12-8-20(9-13-22)24(26)28/h2-15H,1,16-18H2,(H2,26,28). The number of rotatable bonds is 9. The molecule has 0 saturated carbocycles. The van der Waals surface area contributed by atoms with Crippen LogP contribution in [0.1, 0.15) is 26.3 Å². The number of nitrogens with zero attached hydrogens (tertiary/aromatic N) is 1. The van der Waals surface area contributed by atoms with E-state index in [4.69, 9.17) is 10.5 Å². The van der Waals surface area contributed by atoms with Gasteiger partial charge in [-0.25, -0.2) is 0 Å². The largest absolute Gasteiger partial charge is 0.457 e. The van der Waals surface area contributed by atoms with E-state index in [1.807, 2.05) is 18.2 Å². The van der Waals surface area contributed by atoms with E-state index in [2.05, 4.69) is 18.7 Å². The van der Waals surface area contributed by atoms with Gasteiger partial charge in [-0.3, -0.25) is 9.59 Å². The minimum atomic E-state index is -0.485. The predicted molar refractivity (Wildman–Crippen MR) is 118 cm³/mol. The number of ether oxygens (including phenoxy) is 1. The minimum Gasteiger partial charge on any atom is -0.457 e. The van der Waals surface area contributed by atoms with Crippen LogP contribution in [0.25, 0.3) is 0 Å². The van der Waals surface area contributed by atoms with Crippen LogP contribution in [-0.2, 0) is 6.42 Å². The second-order valence-corrected chi connectivity index (χ2v) is 6.79. The smallest absolute Gasteiger partial charge is 0.254 e. The number of carbonyl (C=O) groups excluding carboxylic acids is 2. The summed E-state index contributed by atoms with van der Waals surface area (Å²) in [6.07, 6.45) is 2.51. The van der Waals surface area contributed by atoms with Gasteiger partial charge in [-0.2, -0.15) is 0 Å². The molecular weight excluding hydrogens is 376 g/mol. The zero-order chi connectivity index (χ0) is 21.3. The highest BCUT2D eigenvalue weighted by atomic mass is 16.5. The van der Waals surface area contributed by atoms with Crippen molar-refractivity contribution in [2.75, 3.05) is 13.1 Å². The minimum absolute atomic E-state index is 0.0526. The first kappa shape index (κ1) is 20.9. The Morgan fingerprint density at radius 1 is 0.867 bits per heavy atom. The topological polar surface area (TPSA) is 72.6 Å². The van der Waals surface area contributed by atoms with Gasteiger partial charge in [0.15, 0.2) is 0 Å². The van der Waals surface area contributed by atoms with Gasteiger partial charge in [0, 0.05) is 24.2 Å². The van der Waals surface area contributed by atoms with E-state index in [0.29, 0.717) is 35.7 Å². The SMILES string of the molecule is C=CCN(CCc1ccccc1)C(=O)c1ccc(Oc2ccc(C(N)=O)cc2)cc1. The molecule has 2 amide bonds. The summed E-state index contributed by atoms with van der Waals surface area (Å²) in [5, 5.41) is 0. The summed E-state index contributed by atoms with van der Waals surface area (Å²) in [4.78, 5) is 25.8. The van der Waals surface area contributed by atoms with Crippen LogP contribution < -0.4 is 10.5 Å². The van der Waals surface area contributed by atoms with Crippen LogP contribution in [0.2, 0.25) is 0 Å². The van der Waals surface area contributed by atoms with Crippen molar-refractivity contribution in [3.63, 3.8) is 0 Å². The van der Waals surface area contributed by atoms with Crippen molar-refractivity contribution in [2.45, 2.75) is 6.42 Å². The molecule has 0 unspecified atom stereocenters. The first-order valence-corrected chi connectivity index (χ1v) is 9.68. The fourth-order valence-corrected chi connectivity index (χ4v) is 3.01. The molecule has 5 nitrogen and oxygen atoms in total. The second-order valence-electron chi connectivity index (χ2n) is 6.79. The van der Waals surface area contributed by atoms with Crippen LogP contribution in [0.3, 0.4) is 0 Å². The number of benzene rings is 3. The molecule has 0 saturated heterocycles. The van der Waals surface area contributed by atoms with E-state index in [1.165, 1.54) is 5.56 Å². The van der Waals surface area contributed by atoms with E-state index in [-0.39, 0.29) is 5.91 Å². The van der Waals surface area contributed by atoms with Crippen LogP contribution in [0.4, 0.5) is 0 Å². The van der Waals surface area contributed by atoms with Crippen LogP contribution >= 0.6 is 0 Å². The average Bonchev–Trinajstić information content (AvgIpc) is 2.78. The average molecular weight is 400 g/mol. The Labute approximate surface area is 176 Å². The Kier molecular flexibility index (Phi) is 7.00. The van der Waals surface area contributed by atoms with Gasteiger partial charge in [0.25, 0.3) is 5.91 Å². The monoisotopic (exact) mass is 400 g/mol. The lowest BCUT2D eigenvalue weighted by molar-refractivity contribution is 0.0775. The van der Waals surface area contributed by atoms with Crippen molar-refractivity contribution >= 4 is 11.8 Å². The fourth-order valence-electron chi connectivity index (χ4n) is 3.01. The fraction of sp³-hybridized carbons (Fsp3) is 0.120. The zero-order valence-electron chi connectivity index (χ0n) is 16.7. The lowest BCUT2D eigenvalue weighted by atomic mass is 10.1. The summed E-state index contributed by atoms with van der Waals surface area (Å²) in [6.45, 7) is 4.86. The van der Waals surface area contributed by atoms with E-state index in [0.717, 1.165) is 6.42 Å². The van der Waals surface area contributed by atoms with Crippen LogP contribution in [0, 0.1) is 0 Å². The van der Waals surface area contributed by atoms with Gasteiger partial charge in [0.1, 0.15) is 11.5 Å². The molecule has 3 aromatic rings. The Bertz CT molecular complexity index is 997.